The molecule has 0 aliphatic rings. The van der Waals surface area contributed by atoms with E-state index in [0.29, 0.717) is 28.2 Å². The first kappa shape index (κ1) is 21.7. The summed E-state index contributed by atoms with van der Waals surface area (Å²) in [6.07, 6.45) is 1.54. The zero-order chi connectivity index (χ0) is 21.3. The van der Waals surface area contributed by atoms with Crippen LogP contribution in [-0.4, -0.2) is 18.7 Å². The SMILES string of the molecule is Cc1cc(OCC(=O)N/N=C\c2ccc(OCc3ccccc3Cl)cc2)ccc1Cl. The molecular weight excluding hydrogens is 423 g/mol. The lowest BCUT2D eigenvalue weighted by molar-refractivity contribution is -0.123. The minimum atomic E-state index is -0.362. The van der Waals surface area contributed by atoms with E-state index in [0.717, 1.165) is 16.7 Å². The van der Waals surface area contributed by atoms with E-state index in [-0.39, 0.29) is 12.5 Å². The van der Waals surface area contributed by atoms with Crippen LogP contribution < -0.4 is 14.9 Å². The maximum absolute atomic E-state index is 11.9. The summed E-state index contributed by atoms with van der Waals surface area (Å²) >= 11 is 12.1. The van der Waals surface area contributed by atoms with Crippen molar-refractivity contribution in [3.8, 4) is 11.5 Å². The Hall–Kier alpha value is -3.02. The second-order valence-corrected chi connectivity index (χ2v) is 7.26. The number of halogens is 2. The summed E-state index contributed by atoms with van der Waals surface area (Å²) in [6.45, 7) is 2.11. The third kappa shape index (κ3) is 6.51. The van der Waals surface area contributed by atoms with Crippen molar-refractivity contribution in [2.75, 3.05) is 6.61 Å². The average molecular weight is 443 g/mol. The molecule has 0 heterocycles. The maximum atomic E-state index is 11.9. The second kappa shape index (κ2) is 10.7. The first-order chi connectivity index (χ1) is 14.5. The highest BCUT2D eigenvalue weighted by atomic mass is 35.5. The van der Waals surface area contributed by atoms with Crippen LogP contribution in [-0.2, 0) is 11.4 Å². The van der Waals surface area contributed by atoms with Crippen LogP contribution in [0, 0.1) is 6.92 Å². The molecular formula is C23H20Cl2N2O3. The molecule has 30 heavy (non-hydrogen) atoms. The van der Waals surface area contributed by atoms with Crippen molar-refractivity contribution in [3.05, 3.63) is 93.5 Å². The molecule has 0 bridgehead atoms. The van der Waals surface area contributed by atoms with Gasteiger partial charge in [0.1, 0.15) is 18.1 Å². The number of nitrogens with zero attached hydrogens (tertiary/aromatic N) is 1. The summed E-state index contributed by atoms with van der Waals surface area (Å²) in [5.41, 5.74) is 5.04. The first-order valence-electron chi connectivity index (χ1n) is 9.18. The number of amides is 1. The van der Waals surface area contributed by atoms with Gasteiger partial charge in [0.2, 0.25) is 0 Å². The van der Waals surface area contributed by atoms with Gasteiger partial charge >= 0.3 is 0 Å². The van der Waals surface area contributed by atoms with Gasteiger partial charge in [0.05, 0.1) is 6.21 Å². The summed E-state index contributed by atoms with van der Waals surface area (Å²) in [7, 11) is 0. The minimum absolute atomic E-state index is 0.146. The highest BCUT2D eigenvalue weighted by Crippen LogP contribution is 2.21. The lowest BCUT2D eigenvalue weighted by Crippen LogP contribution is -2.24. The zero-order valence-corrected chi connectivity index (χ0v) is 17.8. The van der Waals surface area contributed by atoms with Crippen LogP contribution in [0.25, 0.3) is 0 Å². The molecule has 5 nitrogen and oxygen atoms in total. The van der Waals surface area contributed by atoms with Gasteiger partial charge in [-0.2, -0.15) is 5.10 Å². The monoisotopic (exact) mass is 442 g/mol. The van der Waals surface area contributed by atoms with Gasteiger partial charge in [-0.05, 0) is 66.6 Å². The number of rotatable bonds is 8. The number of carbonyl (C=O) groups is 1. The number of carbonyl (C=O) groups excluding carboxylic acids is 1. The number of hydrogen-bond donors (Lipinski definition) is 1. The molecule has 0 fully saturated rings. The molecule has 0 saturated heterocycles. The van der Waals surface area contributed by atoms with E-state index >= 15 is 0 Å². The van der Waals surface area contributed by atoms with Crippen LogP contribution >= 0.6 is 23.2 Å². The number of hydrazone groups is 1. The topological polar surface area (TPSA) is 59.9 Å². The van der Waals surface area contributed by atoms with Crippen LogP contribution in [0.2, 0.25) is 10.0 Å². The van der Waals surface area contributed by atoms with Crippen LogP contribution in [0.4, 0.5) is 0 Å². The van der Waals surface area contributed by atoms with Crippen LogP contribution in [0.3, 0.4) is 0 Å². The van der Waals surface area contributed by atoms with Crippen molar-refractivity contribution in [3.63, 3.8) is 0 Å². The van der Waals surface area contributed by atoms with E-state index in [1.165, 1.54) is 0 Å². The lowest BCUT2D eigenvalue weighted by atomic mass is 10.2. The molecule has 0 radical (unpaired) electrons. The molecule has 0 spiro atoms. The highest BCUT2D eigenvalue weighted by molar-refractivity contribution is 6.31. The quantitative estimate of drug-likeness (QED) is 0.374. The molecule has 3 aromatic carbocycles. The summed E-state index contributed by atoms with van der Waals surface area (Å²) in [6, 6.07) is 20.1. The van der Waals surface area contributed by atoms with Crippen molar-refractivity contribution in [1.29, 1.82) is 0 Å². The molecule has 1 amide bonds. The number of hydrogen-bond acceptors (Lipinski definition) is 4. The highest BCUT2D eigenvalue weighted by Gasteiger charge is 2.04. The standard InChI is InChI=1S/C23H20Cl2N2O3/c1-16-12-20(10-11-21(16)24)30-15-23(28)27-26-13-17-6-8-19(9-7-17)29-14-18-4-2-3-5-22(18)25/h2-13H,14-15H2,1H3,(H,27,28)/b26-13-. The number of aryl methyl sites for hydroxylation is 1. The molecule has 3 rings (SSSR count). The van der Waals surface area contributed by atoms with Crippen molar-refractivity contribution in [2.45, 2.75) is 13.5 Å². The Morgan fingerprint density at radius 1 is 0.967 bits per heavy atom. The van der Waals surface area contributed by atoms with Gasteiger partial charge in [-0.3, -0.25) is 4.79 Å². The summed E-state index contributed by atoms with van der Waals surface area (Å²) in [5.74, 6) is 0.921. The molecule has 154 valence electrons. The van der Waals surface area contributed by atoms with Gasteiger partial charge in [0, 0.05) is 15.6 Å². The minimum Gasteiger partial charge on any atom is -0.489 e. The van der Waals surface area contributed by atoms with Crippen LogP contribution in [0.1, 0.15) is 16.7 Å². The van der Waals surface area contributed by atoms with Gasteiger partial charge in [-0.15, -0.1) is 0 Å². The average Bonchev–Trinajstić information content (AvgIpc) is 2.75. The Kier molecular flexibility index (Phi) is 7.71. The largest absolute Gasteiger partial charge is 0.489 e. The molecule has 0 saturated carbocycles. The molecule has 0 unspecified atom stereocenters. The third-order valence-electron chi connectivity index (χ3n) is 4.13. The molecule has 0 atom stereocenters. The van der Waals surface area contributed by atoms with E-state index in [9.17, 15) is 4.79 Å². The molecule has 1 N–H and O–H groups in total. The van der Waals surface area contributed by atoms with E-state index in [4.69, 9.17) is 32.7 Å². The summed E-state index contributed by atoms with van der Waals surface area (Å²) in [5, 5.41) is 5.26. The predicted octanol–water partition coefficient (Wildman–Crippen LogP) is 5.41. The fourth-order valence-electron chi connectivity index (χ4n) is 2.49. The lowest BCUT2D eigenvalue weighted by Gasteiger charge is -2.08. The maximum Gasteiger partial charge on any atom is 0.277 e. The van der Waals surface area contributed by atoms with E-state index < -0.39 is 0 Å². The van der Waals surface area contributed by atoms with Crippen molar-refractivity contribution in [2.24, 2.45) is 5.10 Å². The predicted molar refractivity (Wildman–Crippen MR) is 120 cm³/mol. The Morgan fingerprint density at radius 3 is 2.43 bits per heavy atom. The Morgan fingerprint density at radius 2 is 1.70 bits per heavy atom. The van der Waals surface area contributed by atoms with Crippen LogP contribution in [0.5, 0.6) is 11.5 Å². The number of benzene rings is 3. The second-order valence-electron chi connectivity index (χ2n) is 6.44. The van der Waals surface area contributed by atoms with E-state index in [1.54, 1.807) is 24.4 Å². The van der Waals surface area contributed by atoms with Gasteiger partial charge in [0.25, 0.3) is 5.91 Å². The smallest absolute Gasteiger partial charge is 0.277 e. The van der Waals surface area contributed by atoms with Gasteiger partial charge in [-0.1, -0.05) is 41.4 Å². The molecule has 7 heteroatoms. The molecule has 0 aliphatic heterocycles. The first-order valence-corrected chi connectivity index (χ1v) is 9.94. The summed E-state index contributed by atoms with van der Waals surface area (Å²) in [4.78, 5) is 11.9. The van der Waals surface area contributed by atoms with Gasteiger partial charge in [0.15, 0.2) is 6.61 Å². The Balaban J connectivity index is 1.43. The van der Waals surface area contributed by atoms with Crippen molar-refractivity contribution < 1.29 is 14.3 Å². The fraction of sp³-hybridized carbons (Fsp3) is 0.130. The third-order valence-corrected chi connectivity index (χ3v) is 4.93. The van der Waals surface area contributed by atoms with E-state index in [1.807, 2.05) is 55.5 Å². The molecule has 3 aromatic rings. The molecule has 0 aromatic heterocycles. The number of nitrogens with one attached hydrogen (secondary N) is 1. The van der Waals surface area contributed by atoms with Crippen molar-refractivity contribution in [1.82, 2.24) is 5.43 Å². The fourth-order valence-corrected chi connectivity index (χ4v) is 2.80. The van der Waals surface area contributed by atoms with Gasteiger partial charge in [-0.25, -0.2) is 5.43 Å². The molecule has 0 aliphatic carbocycles. The van der Waals surface area contributed by atoms with E-state index in [2.05, 4.69) is 10.5 Å². The summed E-state index contributed by atoms with van der Waals surface area (Å²) < 4.78 is 11.2. The normalized spacial score (nSPS) is 10.8. The Labute approximate surface area is 185 Å². The van der Waals surface area contributed by atoms with Crippen LogP contribution in [0.15, 0.2) is 71.8 Å². The number of ether oxygens (including phenoxy) is 2. The Bertz CT molecular complexity index is 1040. The zero-order valence-electron chi connectivity index (χ0n) is 16.3. The van der Waals surface area contributed by atoms with Gasteiger partial charge < -0.3 is 9.47 Å². The van der Waals surface area contributed by atoms with Crippen molar-refractivity contribution >= 4 is 35.3 Å².